The molecular weight excluding hydrogens is 499 g/mol. The molecule has 198 valence electrons. The monoisotopic (exact) mass is 525 g/mol. The van der Waals surface area contributed by atoms with Crippen molar-refractivity contribution in [2.45, 2.75) is 19.1 Å². The van der Waals surface area contributed by atoms with Crippen molar-refractivity contribution in [2.24, 2.45) is 7.05 Å². The number of carbonyl (C=O) groups excluding carboxylic acids is 2. The molecule has 9 nitrogen and oxygen atoms in total. The molecule has 5 rings (SSSR count). The van der Waals surface area contributed by atoms with Crippen LogP contribution in [0.4, 0.5) is 13.2 Å². The topological polar surface area (TPSA) is 89.2 Å². The van der Waals surface area contributed by atoms with Gasteiger partial charge >= 0.3 is 6.18 Å². The van der Waals surface area contributed by atoms with Gasteiger partial charge in [0.25, 0.3) is 0 Å². The number of aromatic nitrogens is 5. The summed E-state index contributed by atoms with van der Waals surface area (Å²) in [5, 5.41) is 9.37. The summed E-state index contributed by atoms with van der Waals surface area (Å²) < 4.78 is 41.0. The van der Waals surface area contributed by atoms with Gasteiger partial charge in [0.15, 0.2) is 5.78 Å². The molecule has 0 aliphatic carbocycles. The summed E-state index contributed by atoms with van der Waals surface area (Å²) in [6, 6.07) is 10.8. The lowest BCUT2D eigenvalue weighted by atomic mass is 10.0. The summed E-state index contributed by atoms with van der Waals surface area (Å²) in [5.41, 5.74) is 3.34. The molecule has 38 heavy (non-hydrogen) atoms. The number of hydrogen-bond acceptors (Lipinski definition) is 6. The van der Waals surface area contributed by atoms with E-state index in [4.69, 9.17) is 0 Å². The van der Waals surface area contributed by atoms with Gasteiger partial charge in [0.05, 0.1) is 24.0 Å². The summed E-state index contributed by atoms with van der Waals surface area (Å²) in [6.07, 6.45) is 1.18. The van der Waals surface area contributed by atoms with E-state index in [1.165, 1.54) is 9.58 Å². The number of benzene rings is 1. The van der Waals surface area contributed by atoms with E-state index in [2.05, 4.69) is 15.2 Å². The predicted molar refractivity (Wildman–Crippen MR) is 133 cm³/mol. The summed E-state index contributed by atoms with van der Waals surface area (Å²) in [4.78, 5) is 33.0. The van der Waals surface area contributed by atoms with Crippen LogP contribution in [-0.4, -0.2) is 84.9 Å². The molecule has 1 aliphatic rings. The third kappa shape index (κ3) is 6.08. The molecule has 0 N–H and O–H groups in total. The molecule has 0 atom stereocenters. The van der Waals surface area contributed by atoms with Crippen LogP contribution >= 0.6 is 0 Å². The minimum atomic E-state index is -4.24. The number of alkyl halides is 3. The van der Waals surface area contributed by atoms with E-state index in [1.54, 1.807) is 40.2 Å². The van der Waals surface area contributed by atoms with Crippen LogP contribution in [0.3, 0.4) is 0 Å². The zero-order valence-corrected chi connectivity index (χ0v) is 20.7. The van der Waals surface area contributed by atoms with Crippen molar-refractivity contribution in [3.63, 3.8) is 0 Å². The summed E-state index contributed by atoms with van der Waals surface area (Å²) in [7, 11) is 1.81. The molecule has 4 heterocycles. The van der Waals surface area contributed by atoms with Crippen molar-refractivity contribution in [3.8, 4) is 11.3 Å². The van der Waals surface area contributed by atoms with E-state index in [9.17, 15) is 22.8 Å². The summed E-state index contributed by atoms with van der Waals surface area (Å²) in [5.74, 6) is -0.318. The van der Waals surface area contributed by atoms with Gasteiger partial charge in [-0.05, 0) is 29.8 Å². The molecule has 1 fully saturated rings. The van der Waals surface area contributed by atoms with E-state index in [1.807, 2.05) is 31.4 Å². The molecule has 0 bridgehead atoms. The molecule has 1 amide bonds. The smallest absolute Gasteiger partial charge is 0.339 e. The molecule has 1 aliphatic heterocycles. The van der Waals surface area contributed by atoms with Gasteiger partial charge < -0.3 is 4.90 Å². The number of aryl methyl sites for hydroxylation is 1. The van der Waals surface area contributed by atoms with Crippen LogP contribution < -0.4 is 0 Å². The average Bonchev–Trinajstić information content (AvgIpc) is 3.48. The number of halogens is 3. The number of ketones is 1. The fourth-order valence-electron chi connectivity index (χ4n) is 4.54. The highest BCUT2D eigenvalue weighted by Crippen LogP contribution is 2.20. The molecule has 0 saturated carbocycles. The van der Waals surface area contributed by atoms with Crippen molar-refractivity contribution in [1.82, 2.24) is 34.3 Å². The first-order valence-electron chi connectivity index (χ1n) is 12.2. The van der Waals surface area contributed by atoms with Crippen molar-refractivity contribution < 1.29 is 22.8 Å². The molecule has 1 saturated heterocycles. The Balaban J connectivity index is 1.21. The van der Waals surface area contributed by atoms with Gasteiger partial charge in [-0.25, -0.2) is 4.98 Å². The quantitative estimate of drug-likeness (QED) is 0.345. The third-order valence-corrected chi connectivity index (χ3v) is 6.44. The lowest BCUT2D eigenvalue weighted by Crippen LogP contribution is -2.51. The van der Waals surface area contributed by atoms with Crippen molar-refractivity contribution >= 4 is 22.6 Å². The minimum absolute atomic E-state index is 0.00668. The van der Waals surface area contributed by atoms with Crippen molar-refractivity contribution in [2.75, 3.05) is 32.7 Å². The number of fused-ring (bicyclic) bond motifs is 1. The highest BCUT2D eigenvalue weighted by atomic mass is 19.4. The first-order chi connectivity index (χ1) is 18.1. The van der Waals surface area contributed by atoms with Gasteiger partial charge in [-0.15, -0.1) is 0 Å². The first-order valence-corrected chi connectivity index (χ1v) is 12.2. The van der Waals surface area contributed by atoms with Gasteiger partial charge in [0.1, 0.15) is 12.2 Å². The highest BCUT2D eigenvalue weighted by molar-refractivity contribution is 5.96. The van der Waals surface area contributed by atoms with Crippen LogP contribution in [0, 0.1) is 0 Å². The maximum Gasteiger partial charge on any atom is 0.401 e. The van der Waals surface area contributed by atoms with Crippen LogP contribution in [-0.2, 0) is 24.8 Å². The number of nitrogens with zero attached hydrogens (tertiary/aromatic N) is 7. The standard InChI is InChI=1S/C26H26F3N7O2/c1-33-14-20(13-30-33)21-3-2-4-23(31-21)24(37)12-18-5-6-22-19(11-18)15-36(32-22)16-25(38)35-9-7-34(8-10-35)17-26(27,28)29/h2-6,11,13-15H,7-10,12,16-17H2,1H3. The Morgan fingerprint density at radius 2 is 1.82 bits per heavy atom. The Bertz CT molecular complexity index is 1470. The zero-order chi connectivity index (χ0) is 26.9. The fourth-order valence-corrected chi connectivity index (χ4v) is 4.54. The second-order valence-corrected chi connectivity index (χ2v) is 9.40. The molecule has 12 heteroatoms. The number of pyridine rings is 1. The minimum Gasteiger partial charge on any atom is -0.339 e. The van der Waals surface area contributed by atoms with Gasteiger partial charge in [0.2, 0.25) is 5.91 Å². The Morgan fingerprint density at radius 3 is 2.53 bits per heavy atom. The second-order valence-electron chi connectivity index (χ2n) is 9.40. The lowest BCUT2D eigenvalue weighted by Gasteiger charge is -2.34. The van der Waals surface area contributed by atoms with Crippen molar-refractivity contribution in [3.05, 3.63) is 66.2 Å². The predicted octanol–water partition coefficient (Wildman–Crippen LogP) is 2.96. The highest BCUT2D eigenvalue weighted by Gasteiger charge is 2.32. The van der Waals surface area contributed by atoms with E-state index in [0.29, 0.717) is 16.9 Å². The van der Waals surface area contributed by atoms with Gasteiger partial charge in [-0.3, -0.25) is 23.9 Å². The van der Waals surface area contributed by atoms with Gasteiger partial charge in [-0.2, -0.15) is 23.4 Å². The van der Waals surface area contributed by atoms with E-state index >= 15 is 0 Å². The normalized spacial score (nSPS) is 14.8. The molecule has 3 aromatic heterocycles. The molecule has 4 aromatic rings. The third-order valence-electron chi connectivity index (χ3n) is 6.44. The number of hydrogen-bond donors (Lipinski definition) is 0. The van der Waals surface area contributed by atoms with E-state index in [-0.39, 0.29) is 50.8 Å². The Kier molecular flexibility index (Phi) is 6.98. The first kappa shape index (κ1) is 25.6. The molecule has 0 unspecified atom stereocenters. The number of Topliss-reactive ketones (excluding diaryl/α,β-unsaturated/α-hetero) is 1. The van der Waals surface area contributed by atoms with Gasteiger partial charge in [-0.1, -0.05) is 12.1 Å². The molecule has 0 spiro atoms. The molecular formula is C26H26F3N7O2. The van der Waals surface area contributed by atoms with E-state index in [0.717, 1.165) is 16.5 Å². The lowest BCUT2D eigenvalue weighted by molar-refractivity contribution is -0.151. The average molecular weight is 526 g/mol. The van der Waals surface area contributed by atoms with Crippen LogP contribution in [0.25, 0.3) is 22.2 Å². The SMILES string of the molecule is Cn1cc(-c2cccc(C(=O)Cc3ccc4nn(CC(=O)N5CCN(CC(F)(F)F)CC5)cc4c3)n2)cn1. The summed E-state index contributed by atoms with van der Waals surface area (Å²) >= 11 is 0. The van der Waals surface area contributed by atoms with Crippen LogP contribution in [0.5, 0.6) is 0 Å². The number of amides is 1. The summed E-state index contributed by atoms with van der Waals surface area (Å²) in [6.45, 7) is -0.104. The molecule has 1 aromatic carbocycles. The Hall–Kier alpha value is -4.06. The largest absolute Gasteiger partial charge is 0.401 e. The zero-order valence-electron chi connectivity index (χ0n) is 20.7. The number of carbonyl (C=O) groups is 2. The Morgan fingerprint density at radius 1 is 1.03 bits per heavy atom. The maximum atomic E-state index is 12.9. The fraction of sp³-hybridized carbons (Fsp3) is 0.346. The Labute approximate surface area is 216 Å². The van der Waals surface area contributed by atoms with E-state index < -0.39 is 12.7 Å². The molecule has 0 radical (unpaired) electrons. The second kappa shape index (κ2) is 10.4. The maximum absolute atomic E-state index is 12.9. The number of piperazine rings is 1. The van der Waals surface area contributed by atoms with Gasteiger partial charge in [0, 0.05) is 63.0 Å². The number of rotatable bonds is 7. The van der Waals surface area contributed by atoms with Crippen molar-refractivity contribution in [1.29, 1.82) is 0 Å². The van der Waals surface area contributed by atoms with Crippen LogP contribution in [0.1, 0.15) is 16.1 Å². The van der Waals surface area contributed by atoms with Crippen LogP contribution in [0.15, 0.2) is 55.0 Å². The van der Waals surface area contributed by atoms with Crippen LogP contribution in [0.2, 0.25) is 0 Å².